The number of aromatic nitrogens is 1. The number of hydrogen-bond acceptors (Lipinski definition) is 4. The summed E-state index contributed by atoms with van der Waals surface area (Å²) in [5, 5.41) is 5.96. The Bertz CT molecular complexity index is 773. The van der Waals surface area contributed by atoms with Crippen LogP contribution < -0.4 is 10.6 Å². The third-order valence-electron chi connectivity index (χ3n) is 5.91. The van der Waals surface area contributed by atoms with Gasteiger partial charge in [-0.1, -0.05) is 37.5 Å². The first-order valence-electron chi connectivity index (χ1n) is 10.6. The molecular formula is C23H31N3O3. The van der Waals surface area contributed by atoms with E-state index in [1.54, 1.807) is 19.4 Å². The fourth-order valence-electron chi connectivity index (χ4n) is 4.29. The van der Waals surface area contributed by atoms with E-state index in [-0.39, 0.29) is 23.8 Å². The Labute approximate surface area is 173 Å². The molecule has 2 aliphatic rings. The molecule has 2 saturated carbocycles. The van der Waals surface area contributed by atoms with Crippen molar-refractivity contribution in [3.63, 3.8) is 0 Å². The largest absolute Gasteiger partial charge is 0.381 e. The van der Waals surface area contributed by atoms with Gasteiger partial charge in [-0.2, -0.15) is 0 Å². The van der Waals surface area contributed by atoms with Gasteiger partial charge in [0.2, 0.25) is 11.8 Å². The van der Waals surface area contributed by atoms with Crippen LogP contribution >= 0.6 is 0 Å². The van der Waals surface area contributed by atoms with Crippen LogP contribution in [-0.2, 0) is 14.3 Å². The van der Waals surface area contributed by atoms with E-state index < -0.39 is 5.54 Å². The topological polar surface area (TPSA) is 80.3 Å². The zero-order valence-corrected chi connectivity index (χ0v) is 17.4. The van der Waals surface area contributed by atoms with E-state index in [0.29, 0.717) is 5.82 Å². The van der Waals surface area contributed by atoms with Gasteiger partial charge in [0.25, 0.3) is 0 Å². The zero-order valence-electron chi connectivity index (χ0n) is 17.4. The van der Waals surface area contributed by atoms with E-state index in [4.69, 9.17) is 4.74 Å². The van der Waals surface area contributed by atoms with Gasteiger partial charge in [0, 0.05) is 31.7 Å². The number of ether oxygens (including phenoxy) is 1. The molecule has 1 heterocycles. The summed E-state index contributed by atoms with van der Waals surface area (Å²) in [4.78, 5) is 28.3. The lowest BCUT2D eigenvalue weighted by Crippen LogP contribution is -2.51. The summed E-state index contributed by atoms with van der Waals surface area (Å²) in [5.41, 5.74) is 0.307. The molecule has 0 aliphatic heterocycles. The van der Waals surface area contributed by atoms with Crippen molar-refractivity contribution in [2.24, 2.45) is 5.92 Å². The summed E-state index contributed by atoms with van der Waals surface area (Å²) in [6, 6.07) is 3.58. The van der Waals surface area contributed by atoms with Crippen molar-refractivity contribution in [3.05, 3.63) is 23.9 Å². The number of carbonyl (C=O) groups excluding carboxylic acids is 2. The van der Waals surface area contributed by atoms with Crippen LogP contribution in [0.25, 0.3) is 0 Å². The molecule has 0 unspecified atom stereocenters. The van der Waals surface area contributed by atoms with Gasteiger partial charge in [0.05, 0.1) is 6.10 Å². The van der Waals surface area contributed by atoms with Crippen LogP contribution in [0.1, 0.15) is 70.3 Å². The number of pyridine rings is 1. The molecule has 3 rings (SSSR count). The second-order valence-electron chi connectivity index (χ2n) is 8.22. The molecule has 0 aromatic carbocycles. The fraction of sp³-hybridized carbons (Fsp3) is 0.609. The Hall–Kier alpha value is -2.39. The van der Waals surface area contributed by atoms with Crippen LogP contribution in [0.4, 0.5) is 5.82 Å². The van der Waals surface area contributed by atoms with Gasteiger partial charge in [-0.3, -0.25) is 9.59 Å². The maximum absolute atomic E-state index is 13.0. The molecule has 156 valence electrons. The van der Waals surface area contributed by atoms with Gasteiger partial charge in [-0.25, -0.2) is 4.98 Å². The highest BCUT2D eigenvalue weighted by Crippen LogP contribution is 2.31. The summed E-state index contributed by atoms with van der Waals surface area (Å²) in [5.74, 6) is 7.04. The molecule has 0 spiro atoms. The highest BCUT2D eigenvalue weighted by molar-refractivity contribution is 5.87. The fourth-order valence-corrected chi connectivity index (χ4v) is 4.29. The third-order valence-corrected chi connectivity index (χ3v) is 5.91. The molecule has 0 radical (unpaired) electrons. The minimum absolute atomic E-state index is 0.00732. The maximum atomic E-state index is 13.0. The van der Waals surface area contributed by atoms with Crippen molar-refractivity contribution >= 4 is 17.6 Å². The van der Waals surface area contributed by atoms with Crippen molar-refractivity contribution in [2.45, 2.75) is 76.4 Å². The zero-order chi connectivity index (χ0) is 20.7. The summed E-state index contributed by atoms with van der Waals surface area (Å²) in [6.45, 7) is 1.45. The second-order valence-corrected chi connectivity index (χ2v) is 8.22. The first-order chi connectivity index (χ1) is 14.0. The van der Waals surface area contributed by atoms with Crippen LogP contribution in [0.2, 0.25) is 0 Å². The quantitative estimate of drug-likeness (QED) is 0.763. The molecule has 29 heavy (non-hydrogen) atoms. The second kappa shape index (κ2) is 9.89. The summed E-state index contributed by atoms with van der Waals surface area (Å²) in [7, 11) is 1.73. The lowest BCUT2D eigenvalue weighted by Gasteiger charge is -2.36. The van der Waals surface area contributed by atoms with E-state index in [2.05, 4.69) is 27.5 Å². The Morgan fingerprint density at radius 1 is 1.17 bits per heavy atom. The van der Waals surface area contributed by atoms with Gasteiger partial charge >= 0.3 is 0 Å². The van der Waals surface area contributed by atoms with Crippen LogP contribution in [0, 0.1) is 17.8 Å². The van der Waals surface area contributed by atoms with Gasteiger partial charge in [-0.15, -0.1) is 0 Å². The predicted octanol–water partition coefficient (Wildman–Crippen LogP) is 3.42. The molecule has 2 atom stereocenters. The number of anilines is 1. The molecule has 2 aliphatic carbocycles. The first-order valence-corrected chi connectivity index (χ1v) is 10.6. The third kappa shape index (κ3) is 6.04. The monoisotopic (exact) mass is 397 g/mol. The SMILES string of the molecule is CO[C@H]1CCC[C@H](C(=O)NC2(C#Cc3ccc(NC(C)=O)nc3)CCCCC2)C1. The first kappa shape index (κ1) is 21.3. The standard InChI is InChI=1S/C23H31N3O3/c1-17(27)25-21-10-9-18(16-24-21)11-14-23(12-4-3-5-13-23)26-22(28)19-7-6-8-20(15-19)29-2/h9-10,16,19-20H,3-8,12-13,15H2,1-2H3,(H,26,28)(H,24,25,27)/t19-,20-/m0/s1. The molecule has 0 bridgehead atoms. The number of methoxy groups -OCH3 is 1. The average molecular weight is 398 g/mol. The Kier molecular flexibility index (Phi) is 7.27. The van der Waals surface area contributed by atoms with Crippen molar-refractivity contribution in [1.29, 1.82) is 0 Å². The maximum Gasteiger partial charge on any atom is 0.224 e. The lowest BCUT2D eigenvalue weighted by atomic mass is 9.80. The highest BCUT2D eigenvalue weighted by Gasteiger charge is 2.35. The number of carbonyl (C=O) groups is 2. The predicted molar refractivity (Wildman–Crippen MR) is 112 cm³/mol. The highest BCUT2D eigenvalue weighted by atomic mass is 16.5. The molecule has 6 heteroatoms. The van der Waals surface area contributed by atoms with Crippen LogP contribution in [0.3, 0.4) is 0 Å². The number of nitrogens with zero attached hydrogens (tertiary/aromatic N) is 1. The van der Waals surface area contributed by atoms with Crippen LogP contribution in [0.15, 0.2) is 18.3 Å². The smallest absolute Gasteiger partial charge is 0.224 e. The van der Waals surface area contributed by atoms with Crippen molar-refractivity contribution in [2.75, 3.05) is 12.4 Å². The van der Waals surface area contributed by atoms with Gasteiger partial charge in [0.15, 0.2) is 0 Å². The summed E-state index contributed by atoms with van der Waals surface area (Å²) in [6.07, 6.45) is 10.7. The lowest BCUT2D eigenvalue weighted by molar-refractivity contribution is -0.129. The van der Waals surface area contributed by atoms with Crippen molar-refractivity contribution in [3.8, 4) is 11.8 Å². The van der Waals surface area contributed by atoms with E-state index in [9.17, 15) is 9.59 Å². The summed E-state index contributed by atoms with van der Waals surface area (Å²) >= 11 is 0. The molecule has 2 N–H and O–H groups in total. The molecule has 0 saturated heterocycles. The van der Waals surface area contributed by atoms with Crippen molar-refractivity contribution in [1.82, 2.24) is 10.3 Å². The molecule has 1 aromatic heterocycles. The minimum Gasteiger partial charge on any atom is -0.381 e. The average Bonchev–Trinajstić information content (AvgIpc) is 2.73. The number of rotatable bonds is 4. The van der Waals surface area contributed by atoms with Gasteiger partial charge in [-0.05, 0) is 44.2 Å². The van der Waals surface area contributed by atoms with Gasteiger partial charge < -0.3 is 15.4 Å². The number of hydrogen-bond donors (Lipinski definition) is 2. The summed E-state index contributed by atoms with van der Waals surface area (Å²) < 4.78 is 5.48. The molecule has 6 nitrogen and oxygen atoms in total. The van der Waals surface area contributed by atoms with Crippen LogP contribution in [-0.4, -0.2) is 35.6 Å². The number of nitrogens with one attached hydrogen (secondary N) is 2. The Morgan fingerprint density at radius 2 is 1.97 bits per heavy atom. The molecule has 1 aromatic rings. The Balaban J connectivity index is 1.71. The molecular weight excluding hydrogens is 366 g/mol. The van der Waals surface area contributed by atoms with E-state index in [0.717, 1.165) is 56.9 Å². The molecule has 2 amide bonds. The van der Waals surface area contributed by atoms with E-state index in [1.807, 2.05) is 6.07 Å². The van der Waals surface area contributed by atoms with E-state index >= 15 is 0 Å². The molecule has 2 fully saturated rings. The van der Waals surface area contributed by atoms with E-state index in [1.165, 1.54) is 13.3 Å². The Morgan fingerprint density at radius 3 is 2.62 bits per heavy atom. The van der Waals surface area contributed by atoms with Gasteiger partial charge in [0.1, 0.15) is 11.4 Å². The van der Waals surface area contributed by atoms with Crippen molar-refractivity contribution < 1.29 is 14.3 Å². The normalized spacial score (nSPS) is 23.4. The minimum atomic E-state index is -0.467. The number of amides is 2. The van der Waals surface area contributed by atoms with Crippen LogP contribution in [0.5, 0.6) is 0 Å².